The van der Waals surface area contributed by atoms with Crippen molar-refractivity contribution in [1.29, 1.82) is 0 Å². The first kappa shape index (κ1) is 16.1. The molecule has 0 spiro atoms. The first-order chi connectivity index (χ1) is 7.29. The molecule has 16 heavy (non-hydrogen) atoms. The second kappa shape index (κ2) is 6.17. The maximum absolute atomic E-state index is 2.65. The number of hydrogen-bond acceptors (Lipinski definition) is 2. The molecule has 0 aliphatic heterocycles. The van der Waals surface area contributed by atoms with Gasteiger partial charge in [0.15, 0.2) is 0 Å². The van der Waals surface area contributed by atoms with Gasteiger partial charge >= 0.3 is 0 Å². The van der Waals surface area contributed by atoms with Crippen molar-refractivity contribution in [2.24, 2.45) is 5.41 Å². The lowest BCUT2D eigenvalue weighted by atomic mass is 9.88. The highest BCUT2D eigenvalue weighted by Gasteiger charge is 2.44. The summed E-state index contributed by atoms with van der Waals surface area (Å²) in [5, 5.41) is 0.278. The standard InChI is InChI=1S/C13H32N2Si/c1-8-14(9-2)13(16,12(5,6)7)15(10-3)11-4/h8-11H2,1-7,16H3. The molecule has 98 valence electrons. The van der Waals surface area contributed by atoms with Crippen LogP contribution in [0.25, 0.3) is 0 Å². The van der Waals surface area contributed by atoms with Crippen LogP contribution in [0.4, 0.5) is 0 Å². The van der Waals surface area contributed by atoms with Crippen LogP contribution in [0.15, 0.2) is 0 Å². The fourth-order valence-corrected chi connectivity index (χ4v) is 4.09. The minimum Gasteiger partial charge on any atom is -0.289 e. The van der Waals surface area contributed by atoms with Crippen molar-refractivity contribution in [2.75, 3.05) is 26.2 Å². The highest BCUT2D eigenvalue weighted by molar-refractivity contribution is 6.15. The van der Waals surface area contributed by atoms with E-state index >= 15 is 0 Å². The van der Waals surface area contributed by atoms with E-state index in [0.29, 0.717) is 5.41 Å². The Balaban J connectivity index is 5.33. The zero-order valence-corrected chi connectivity index (χ0v) is 14.7. The third-order valence-corrected chi connectivity index (χ3v) is 6.94. The number of hydrogen-bond donors (Lipinski definition) is 0. The third kappa shape index (κ3) is 2.87. The molecule has 0 fully saturated rings. The molecule has 0 saturated carbocycles. The van der Waals surface area contributed by atoms with Crippen LogP contribution < -0.4 is 0 Å². The topological polar surface area (TPSA) is 6.48 Å². The van der Waals surface area contributed by atoms with Gasteiger partial charge < -0.3 is 0 Å². The molecule has 0 aliphatic carbocycles. The van der Waals surface area contributed by atoms with Crippen LogP contribution in [-0.2, 0) is 0 Å². The molecular weight excluding hydrogens is 212 g/mol. The van der Waals surface area contributed by atoms with Crippen molar-refractivity contribution in [3.63, 3.8) is 0 Å². The zero-order valence-electron chi connectivity index (χ0n) is 12.7. The van der Waals surface area contributed by atoms with Gasteiger partial charge in [-0.25, -0.2) is 0 Å². The second-order valence-corrected chi connectivity index (χ2v) is 7.01. The molecule has 0 saturated heterocycles. The second-order valence-electron chi connectivity index (χ2n) is 5.62. The Kier molecular flexibility index (Phi) is 6.23. The highest BCUT2D eigenvalue weighted by atomic mass is 28.1. The molecule has 0 heterocycles. The molecule has 0 aromatic rings. The van der Waals surface area contributed by atoms with Crippen LogP contribution in [0.2, 0.25) is 0 Å². The van der Waals surface area contributed by atoms with E-state index in [1.165, 1.54) is 10.2 Å². The quantitative estimate of drug-likeness (QED) is 0.519. The summed E-state index contributed by atoms with van der Waals surface area (Å²) >= 11 is 0. The molecule has 0 unspecified atom stereocenters. The van der Waals surface area contributed by atoms with Crippen molar-refractivity contribution >= 4 is 10.2 Å². The molecule has 3 heteroatoms. The SMILES string of the molecule is CCN(CC)C([SiH3])(N(CC)CC)C(C)(C)C. The zero-order chi connectivity index (χ0) is 13.0. The Morgan fingerprint density at radius 2 is 1.00 bits per heavy atom. The van der Waals surface area contributed by atoms with Crippen LogP contribution in [-0.4, -0.2) is 51.5 Å². The lowest BCUT2D eigenvalue weighted by molar-refractivity contribution is -0.0586. The lowest BCUT2D eigenvalue weighted by Crippen LogP contribution is -2.67. The van der Waals surface area contributed by atoms with Gasteiger partial charge in [0, 0.05) is 10.2 Å². The minimum absolute atomic E-state index is 0.278. The van der Waals surface area contributed by atoms with E-state index in [-0.39, 0.29) is 5.29 Å². The third-order valence-electron chi connectivity index (χ3n) is 4.18. The van der Waals surface area contributed by atoms with Gasteiger partial charge in [0.1, 0.15) is 0 Å². The van der Waals surface area contributed by atoms with E-state index < -0.39 is 0 Å². The predicted molar refractivity (Wildman–Crippen MR) is 78.0 cm³/mol. The Hall–Kier alpha value is 0.137. The Labute approximate surface area is 106 Å². The van der Waals surface area contributed by atoms with Crippen molar-refractivity contribution < 1.29 is 0 Å². The van der Waals surface area contributed by atoms with Crippen molar-refractivity contribution in [1.82, 2.24) is 9.80 Å². The summed E-state index contributed by atoms with van der Waals surface area (Å²) in [7, 11) is 1.18. The summed E-state index contributed by atoms with van der Waals surface area (Å²) in [5.41, 5.74) is 0.317. The molecule has 2 nitrogen and oxygen atoms in total. The average molecular weight is 244 g/mol. The minimum atomic E-state index is 0.278. The molecule has 0 bridgehead atoms. The molecule has 0 aromatic heterocycles. The highest BCUT2D eigenvalue weighted by Crippen LogP contribution is 2.35. The molecule has 0 N–H and O–H groups in total. The smallest absolute Gasteiger partial charge is 0.0569 e. The maximum Gasteiger partial charge on any atom is 0.0569 e. The van der Waals surface area contributed by atoms with Crippen LogP contribution >= 0.6 is 0 Å². The molecule has 0 rings (SSSR count). The Morgan fingerprint density at radius 1 is 0.750 bits per heavy atom. The fraction of sp³-hybridized carbons (Fsp3) is 1.00. The average Bonchev–Trinajstić information content (AvgIpc) is 2.19. The van der Waals surface area contributed by atoms with Crippen molar-refractivity contribution in [3.05, 3.63) is 0 Å². The lowest BCUT2D eigenvalue weighted by Gasteiger charge is -2.56. The summed E-state index contributed by atoms with van der Waals surface area (Å²) < 4.78 is 0. The van der Waals surface area contributed by atoms with E-state index in [2.05, 4.69) is 58.3 Å². The van der Waals surface area contributed by atoms with E-state index in [4.69, 9.17) is 0 Å². The summed E-state index contributed by atoms with van der Waals surface area (Å²) in [5.74, 6) is 0. The monoisotopic (exact) mass is 244 g/mol. The molecular formula is C13H32N2Si. The maximum atomic E-state index is 2.65. The molecule has 0 radical (unpaired) electrons. The Morgan fingerprint density at radius 3 is 1.12 bits per heavy atom. The van der Waals surface area contributed by atoms with Gasteiger partial charge in [-0.1, -0.05) is 48.5 Å². The van der Waals surface area contributed by atoms with Crippen LogP contribution in [0.3, 0.4) is 0 Å². The fourth-order valence-electron chi connectivity index (χ4n) is 2.83. The van der Waals surface area contributed by atoms with Gasteiger partial charge in [-0.2, -0.15) is 0 Å². The summed E-state index contributed by atoms with van der Waals surface area (Å²) in [6.07, 6.45) is 0. The van der Waals surface area contributed by atoms with Gasteiger partial charge in [0.05, 0.1) is 5.29 Å². The molecule has 0 aromatic carbocycles. The van der Waals surface area contributed by atoms with Gasteiger partial charge in [0.2, 0.25) is 0 Å². The van der Waals surface area contributed by atoms with Crippen molar-refractivity contribution in [3.8, 4) is 0 Å². The van der Waals surface area contributed by atoms with Gasteiger partial charge in [-0.05, 0) is 31.6 Å². The number of nitrogens with zero attached hydrogens (tertiary/aromatic N) is 2. The summed E-state index contributed by atoms with van der Waals surface area (Å²) in [6, 6.07) is 0. The Bertz CT molecular complexity index is 179. The van der Waals surface area contributed by atoms with Crippen LogP contribution in [0.5, 0.6) is 0 Å². The van der Waals surface area contributed by atoms with E-state index in [1.54, 1.807) is 0 Å². The first-order valence-corrected chi connectivity index (χ1v) is 7.79. The van der Waals surface area contributed by atoms with Gasteiger partial charge in [-0.3, -0.25) is 9.80 Å². The first-order valence-electron chi connectivity index (χ1n) is 6.79. The summed E-state index contributed by atoms with van der Waals surface area (Å²) in [6.45, 7) is 20.9. The van der Waals surface area contributed by atoms with E-state index in [1.807, 2.05) is 0 Å². The predicted octanol–water partition coefficient (Wildman–Crippen LogP) is 1.74. The van der Waals surface area contributed by atoms with Crippen molar-refractivity contribution in [2.45, 2.75) is 53.8 Å². The number of rotatable bonds is 6. The normalized spacial score (nSPS) is 14.1. The molecule has 0 atom stereocenters. The van der Waals surface area contributed by atoms with E-state index in [0.717, 1.165) is 26.2 Å². The molecule has 0 amide bonds. The van der Waals surface area contributed by atoms with Gasteiger partial charge in [-0.15, -0.1) is 0 Å². The van der Waals surface area contributed by atoms with Gasteiger partial charge in [0.25, 0.3) is 0 Å². The summed E-state index contributed by atoms with van der Waals surface area (Å²) in [4.78, 5) is 5.29. The largest absolute Gasteiger partial charge is 0.289 e. The van der Waals surface area contributed by atoms with E-state index in [9.17, 15) is 0 Å². The van der Waals surface area contributed by atoms with Crippen LogP contribution in [0.1, 0.15) is 48.5 Å². The van der Waals surface area contributed by atoms with Crippen LogP contribution in [0, 0.1) is 5.41 Å². The molecule has 0 aliphatic rings.